The van der Waals surface area contributed by atoms with Gasteiger partial charge in [0.1, 0.15) is 0 Å². The summed E-state index contributed by atoms with van der Waals surface area (Å²) in [6.07, 6.45) is 6.68. The molecule has 1 saturated carbocycles. The van der Waals surface area contributed by atoms with Gasteiger partial charge in [-0.25, -0.2) is 4.99 Å². The van der Waals surface area contributed by atoms with Crippen LogP contribution in [0.25, 0.3) is 0 Å². The third-order valence-corrected chi connectivity index (χ3v) is 4.12. The second-order valence-electron chi connectivity index (χ2n) is 6.24. The summed E-state index contributed by atoms with van der Waals surface area (Å²) in [6, 6.07) is 8.50. The standard InChI is InChI=1S/C19H31N3O.HI/c1-3-20-19(22-15-17-9-6-8-16(2)14-17)21-12-7-13-23-18-10-4-5-11-18;/h6,8-9,14,18H,3-5,7,10-13,15H2,1-2H3,(H2,20,21,22);1H. The number of guanidine groups is 1. The lowest BCUT2D eigenvalue weighted by Crippen LogP contribution is -2.38. The van der Waals surface area contributed by atoms with Gasteiger partial charge < -0.3 is 15.4 Å². The van der Waals surface area contributed by atoms with Crippen LogP contribution in [-0.2, 0) is 11.3 Å². The molecule has 0 amide bonds. The average Bonchev–Trinajstić information content (AvgIpc) is 3.05. The first kappa shape index (κ1) is 21.2. The molecule has 1 aliphatic rings. The molecule has 1 aromatic carbocycles. The van der Waals surface area contributed by atoms with E-state index in [2.05, 4.69) is 53.7 Å². The van der Waals surface area contributed by atoms with Gasteiger partial charge in [0, 0.05) is 19.7 Å². The van der Waals surface area contributed by atoms with Crippen LogP contribution < -0.4 is 10.6 Å². The molecule has 0 aromatic heterocycles. The second kappa shape index (κ2) is 12.5. The van der Waals surface area contributed by atoms with E-state index in [1.54, 1.807) is 0 Å². The molecule has 2 N–H and O–H groups in total. The predicted molar refractivity (Wildman–Crippen MR) is 112 cm³/mol. The van der Waals surface area contributed by atoms with E-state index < -0.39 is 0 Å². The van der Waals surface area contributed by atoms with Gasteiger partial charge >= 0.3 is 0 Å². The normalized spacial score (nSPS) is 15.2. The van der Waals surface area contributed by atoms with Crippen molar-refractivity contribution >= 4 is 29.9 Å². The molecule has 0 bridgehead atoms. The lowest BCUT2D eigenvalue weighted by Gasteiger charge is -2.13. The van der Waals surface area contributed by atoms with Crippen molar-refractivity contribution in [3.8, 4) is 0 Å². The minimum Gasteiger partial charge on any atom is -0.378 e. The van der Waals surface area contributed by atoms with Crippen LogP contribution in [0.3, 0.4) is 0 Å². The molecule has 4 nitrogen and oxygen atoms in total. The fourth-order valence-corrected chi connectivity index (χ4v) is 2.91. The van der Waals surface area contributed by atoms with Crippen LogP contribution in [0, 0.1) is 6.92 Å². The molecule has 24 heavy (non-hydrogen) atoms. The molecule has 0 atom stereocenters. The Morgan fingerprint density at radius 3 is 2.75 bits per heavy atom. The number of halogens is 1. The van der Waals surface area contributed by atoms with Gasteiger partial charge in [0.2, 0.25) is 0 Å². The van der Waals surface area contributed by atoms with Crippen molar-refractivity contribution in [3.63, 3.8) is 0 Å². The Labute approximate surface area is 163 Å². The third-order valence-electron chi connectivity index (χ3n) is 4.12. The zero-order valence-corrected chi connectivity index (χ0v) is 17.3. The van der Waals surface area contributed by atoms with E-state index in [-0.39, 0.29) is 24.0 Å². The molecule has 0 spiro atoms. The average molecular weight is 445 g/mol. The highest BCUT2D eigenvalue weighted by molar-refractivity contribution is 14.0. The monoisotopic (exact) mass is 445 g/mol. The highest BCUT2D eigenvalue weighted by atomic mass is 127. The number of hydrogen-bond donors (Lipinski definition) is 2. The first-order valence-electron chi connectivity index (χ1n) is 8.97. The molecule has 136 valence electrons. The van der Waals surface area contributed by atoms with Crippen LogP contribution in [0.2, 0.25) is 0 Å². The minimum absolute atomic E-state index is 0. The Balaban J connectivity index is 0.00000288. The van der Waals surface area contributed by atoms with Gasteiger partial charge in [0.25, 0.3) is 0 Å². The first-order chi connectivity index (χ1) is 11.3. The van der Waals surface area contributed by atoms with Crippen LogP contribution in [0.15, 0.2) is 29.3 Å². The molecule has 0 saturated heterocycles. The van der Waals surface area contributed by atoms with Crippen LogP contribution in [0.4, 0.5) is 0 Å². The zero-order valence-electron chi connectivity index (χ0n) is 15.0. The number of hydrogen-bond acceptors (Lipinski definition) is 2. The van der Waals surface area contributed by atoms with Crippen LogP contribution in [-0.4, -0.2) is 31.8 Å². The van der Waals surface area contributed by atoms with Crippen molar-refractivity contribution in [1.82, 2.24) is 10.6 Å². The third kappa shape index (κ3) is 8.33. The lowest BCUT2D eigenvalue weighted by molar-refractivity contribution is 0.0574. The van der Waals surface area contributed by atoms with E-state index in [0.29, 0.717) is 12.6 Å². The second-order valence-corrected chi connectivity index (χ2v) is 6.24. The molecule has 0 radical (unpaired) electrons. The van der Waals surface area contributed by atoms with Crippen molar-refractivity contribution in [1.29, 1.82) is 0 Å². The Bertz CT molecular complexity index is 487. The van der Waals surface area contributed by atoms with Gasteiger partial charge in [-0.05, 0) is 38.7 Å². The van der Waals surface area contributed by atoms with Crippen molar-refractivity contribution in [2.75, 3.05) is 19.7 Å². The van der Waals surface area contributed by atoms with Gasteiger partial charge in [-0.2, -0.15) is 0 Å². The summed E-state index contributed by atoms with van der Waals surface area (Å²) in [5.74, 6) is 0.884. The van der Waals surface area contributed by atoms with Gasteiger partial charge in [-0.3, -0.25) is 0 Å². The molecule has 1 aromatic rings. The maximum atomic E-state index is 5.89. The predicted octanol–water partition coefficient (Wildman–Crippen LogP) is 4.02. The number of ether oxygens (including phenoxy) is 1. The molecule has 0 unspecified atom stereocenters. The first-order valence-corrected chi connectivity index (χ1v) is 8.97. The number of aliphatic imine (C=N–C) groups is 1. The maximum absolute atomic E-state index is 5.89. The van der Waals surface area contributed by atoms with Gasteiger partial charge in [0.05, 0.1) is 12.6 Å². The van der Waals surface area contributed by atoms with Gasteiger partial charge in [0.15, 0.2) is 5.96 Å². The fraction of sp³-hybridized carbons (Fsp3) is 0.632. The maximum Gasteiger partial charge on any atom is 0.191 e. The Morgan fingerprint density at radius 2 is 2.04 bits per heavy atom. The molecule has 2 rings (SSSR count). The smallest absolute Gasteiger partial charge is 0.191 e. The van der Waals surface area contributed by atoms with Crippen molar-refractivity contribution in [2.24, 2.45) is 4.99 Å². The van der Waals surface area contributed by atoms with E-state index in [9.17, 15) is 0 Å². The van der Waals surface area contributed by atoms with Crippen molar-refractivity contribution in [2.45, 2.75) is 58.6 Å². The van der Waals surface area contributed by atoms with Gasteiger partial charge in [-0.15, -0.1) is 24.0 Å². The Kier molecular flexibility index (Phi) is 11.1. The summed E-state index contributed by atoms with van der Waals surface area (Å²) in [5, 5.41) is 6.69. The molecule has 5 heteroatoms. The lowest BCUT2D eigenvalue weighted by atomic mass is 10.1. The quantitative estimate of drug-likeness (QED) is 0.275. The van der Waals surface area contributed by atoms with E-state index in [1.807, 2.05) is 0 Å². The number of rotatable bonds is 8. The van der Waals surface area contributed by atoms with E-state index >= 15 is 0 Å². The molecule has 1 fully saturated rings. The topological polar surface area (TPSA) is 45.7 Å². The van der Waals surface area contributed by atoms with Crippen molar-refractivity contribution in [3.05, 3.63) is 35.4 Å². The van der Waals surface area contributed by atoms with Crippen LogP contribution in [0.5, 0.6) is 0 Å². The summed E-state index contributed by atoms with van der Waals surface area (Å²) < 4.78 is 5.89. The van der Waals surface area contributed by atoms with E-state index in [1.165, 1.54) is 36.8 Å². The summed E-state index contributed by atoms with van der Waals surface area (Å²) in [7, 11) is 0. The summed E-state index contributed by atoms with van der Waals surface area (Å²) in [5.41, 5.74) is 2.52. The number of nitrogens with zero attached hydrogens (tertiary/aromatic N) is 1. The summed E-state index contributed by atoms with van der Waals surface area (Å²) >= 11 is 0. The minimum atomic E-state index is 0. The molecular weight excluding hydrogens is 413 g/mol. The molecular formula is C19H32IN3O. The molecule has 0 aliphatic heterocycles. The van der Waals surface area contributed by atoms with E-state index in [0.717, 1.165) is 32.1 Å². The number of aryl methyl sites for hydroxylation is 1. The summed E-state index contributed by atoms with van der Waals surface area (Å²) in [4.78, 5) is 4.65. The Morgan fingerprint density at radius 1 is 1.25 bits per heavy atom. The zero-order chi connectivity index (χ0) is 16.3. The fourth-order valence-electron chi connectivity index (χ4n) is 2.91. The summed E-state index contributed by atoms with van der Waals surface area (Å²) in [6.45, 7) is 7.52. The number of benzene rings is 1. The van der Waals surface area contributed by atoms with E-state index in [4.69, 9.17) is 4.74 Å². The van der Waals surface area contributed by atoms with Crippen LogP contribution >= 0.6 is 24.0 Å². The van der Waals surface area contributed by atoms with Crippen molar-refractivity contribution < 1.29 is 4.74 Å². The highest BCUT2D eigenvalue weighted by Crippen LogP contribution is 2.20. The highest BCUT2D eigenvalue weighted by Gasteiger charge is 2.14. The molecule has 0 heterocycles. The SMILES string of the molecule is CCNC(=NCc1cccc(C)c1)NCCCOC1CCCC1.I. The molecule has 1 aliphatic carbocycles. The van der Waals surface area contributed by atoms with Crippen LogP contribution in [0.1, 0.15) is 50.2 Å². The van der Waals surface area contributed by atoms with Gasteiger partial charge in [-0.1, -0.05) is 42.7 Å². The largest absolute Gasteiger partial charge is 0.378 e. The number of nitrogens with one attached hydrogen (secondary N) is 2. The Hall–Kier alpha value is -0.820.